The molecule has 5 heteroatoms. The molecule has 1 saturated carbocycles. The maximum absolute atomic E-state index is 6.18. The van der Waals surface area contributed by atoms with Crippen molar-refractivity contribution in [2.75, 3.05) is 33.3 Å². The van der Waals surface area contributed by atoms with Gasteiger partial charge in [-0.1, -0.05) is 0 Å². The Morgan fingerprint density at radius 3 is 2.64 bits per heavy atom. The van der Waals surface area contributed by atoms with Crippen molar-refractivity contribution < 1.29 is 9.47 Å². The van der Waals surface area contributed by atoms with Gasteiger partial charge in [-0.15, -0.1) is 0 Å². The second-order valence-electron chi connectivity index (χ2n) is 6.16. The van der Waals surface area contributed by atoms with E-state index < -0.39 is 0 Å². The molecule has 2 fully saturated rings. The Bertz CT molecular complexity index is 498. The molecule has 1 N–H and O–H groups in total. The summed E-state index contributed by atoms with van der Waals surface area (Å²) in [4.78, 5) is 2.47. The molecule has 1 heterocycles. The Hall–Kier alpha value is -0.780. The first kappa shape index (κ1) is 16.1. The lowest BCUT2D eigenvalue weighted by atomic mass is 10.1. The zero-order valence-electron chi connectivity index (χ0n) is 13.2. The molecule has 1 saturated heterocycles. The van der Waals surface area contributed by atoms with Gasteiger partial charge in [0.1, 0.15) is 0 Å². The second kappa shape index (κ2) is 7.66. The van der Waals surface area contributed by atoms with Crippen molar-refractivity contribution in [3.05, 3.63) is 22.2 Å². The van der Waals surface area contributed by atoms with Crippen molar-refractivity contribution >= 4 is 15.9 Å². The third-order valence-corrected chi connectivity index (χ3v) is 5.08. The van der Waals surface area contributed by atoms with Gasteiger partial charge in [-0.25, -0.2) is 0 Å². The van der Waals surface area contributed by atoms with Crippen molar-refractivity contribution in [1.29, 1.82) is 0 Å². The molecular weight excluding hydrogens is 344 g/mol. The summed E-state index contributed by atoms with van der Waals surface area (Å²) in [6.45, 7) is 5.29. The molecule has 0 atom stereocenters. The minimum absolute atomic E-state index is 0.337. The van der Waals surface area contributed by atoms with Crippen LogP contribution in [0.5, 0.6) is 11.5 Å². The minimum Gasteiger partial charge on any atom is -0.493 e. The molecule has 1 aromatic rings. The fourth-order valence-electron chi connectivity index (χ4n) is 3.28. The molecule has 0 radical (unpaired) electrons. The van der Waals surface area contributed by atoms with Gasteiger partial charge in [0.2, 0.25) is 0 Å². The molecule has 0 bridgehead atoms. The number of rotatable bonds is 5. The van der Waals surface area contributed by atoms with E-state index in [-0.39, 0.29) is 0 Å². The first-order valence-corrected chi connectivity index (χ1v) is 9.01. The highest BCUT2D eigenvalue weighted by Crippen LogP contribution is 2.39. The van der Waals surface area contributed by atoms with E-state index in [0.717, 1.165) is 61.5 Å². The lowest BCUT2D eigenvalue weighted by molar-refractivity contribution is 0.198. The van der Waals surface area contributed by atoms with Gasteiger partial charge in [0, 0.05) is 32.7 Å². The van der Waals surface area contributed by atoms with E-state index in [0.29, 0.717) is 6.10 Å². The summed E-state index contributed by atoms with van der Waals surface area (Å²) in [5.74, 6) is 1.70. The van der Waals surface area contributed by atoms with Gasteiger partial charge in [-0.3, -0.25) is 4.90 Å². The predicted octanol–water partition coefficient (Wildman–Crippen LogP) is 3.18. The first-order valence-electron chi connectivity index (χ1n) is 8.22. The standard InChI is InChI=1S/C17H25BrN2O2/c1-21-16-11-13(12-20-8-6-19-7-9-20)10-15(18)17(16)22-14-4-2-3-5-14/h10-11,14,19H,2-9,12H2,1H3. The van der Waals surface area contributed by atoms with Gasteiger partial charge in [0.15, 0.2) is 11.5 Å². The van der Waals surface area contributed by atoms with E-state index in [2.05, 4.69) is 38.3 Å². The van der Waals surface area contributed by atoms with Gasteiger partial charge >= 0.3 is 0 Å². The van der Waals surface area contributed by atoms with E-state index in [1.165, 1.54) is 18.4 Å². The average molecular weight is 369 g/mol. The summed E-state index contributed by atoms with van der Waals surface area (Å²) < 4.78 is 12.8. The average Bonchev–Trinajstić information content (AvgIpc) is 3.04. The summed E-state index contributed by atoms with van der Waals surface area (Å²) in [6, 6.07) is 4.30. The van der Waals surface area contributed by atoms with E-state index in [9.17, 15) is 0 Å². The van der Waals surface area contributed by atoms with Crippen LogP contribution in [0.2, 0.25) is 0 Å². The third-order valence-electron chi connectivity index (χ3n) is 4.49. The molecule has 22 heavy (non-hydrogen) atoms. The van der Waals surface area contributed by atoms with E-state index in [1.807, 2.05) is 0 Å². The summed E-state index contributed by atoms with van der Waals surface area (Å²) in [5, 5.41) is 3.39. The maximum Gasteiger partial charge on any atom is 0.175 e. The third kappa shape index (κ3) is 3.94. The molecule has 1 aromatic carbocycles. The number of benzene rings is 1. The topological polar surface area (TPSA) is 33.7 Å². The Morgan fingerprint density at radius 1 is 1.23 bits per heavy atom. The van der Waals surface area contributed by atoms with Crippen molar-refractivity contribution in [1.82, 2.24) is 10.2 Å². The largest absolute Gasteiger partial charge is 0.493 e. The Balaban J connectivity index is 1.73. The molecule has 0 aromatic heterocycles. The Kier molecular flexibility index (Phi) is 5.61. The van der Waals surface area contributed by atoms with E-state index in [1.54, 1.807) is 7.11 Å². The zero-order valence-corrected chi connectivity index (χ0v) is 14.8. The van der Waals surface area contributed by atoms with Crippen LogP contribution in [0.3, 0.4) is 0 Å². The fraction of sp³-hybridized carbons (Fsp3) is 0.647. The van der Waals surface area contributed by atoms with Gasteiger partial charge in [-0.05, 0) is 59.3 Å². The highest BCUT2D eigenvalue weighted by Gasteiger charge is 2.21. The van der Waals surface area contributed by atoms with E-state index >= 15 is 0 Å². The number of hydrogen-bond acceptors (Lipinski definition) is 4. The van der Waals surface area contributed by atoms with Crippen molar-refractivity contribution in [2.45, 2.75) is 38.3 Å². The van der Waals surface area contributed by atoms with Crippen LogP contribution < -0.4 is 14.8 Å². The minimum atomic E-state index is 0.337. The molecule has 2 aliphatic rings. The highest BCUT2D eigenvalue weighted by molar-refractivity contribution is 9.10. The van der Waals surface area contributed by atoms with Crippen molar-refractivity contribution in [3.8, 4) is 11.5 Å². The molecule has 1 aliphatic carbocycles. The monoisotopic (exact) mass is 368 g/mol. The number of methoxy groups -OCH3 is 1. The van der Waals surface area contributed by atoms with Crippen LogP contribution in [0.15, 0.2) is 16.6 Å². The van der Waals surface area contributed by atoms with Crippen LogP contribution in [0, 0.1) is 0 Å². The highest BCUT2D eigenvalue weighted by atomic mass is 79.9. The number of ether oxygens (including phenoxy) is 2. The van der Waals surface area contributed by atoms with Crippen molar-refractivity contribution in [3.63, 3.8) is 0 Å². The number of hydrogen-bond donors (Lipinski definition) is 1. The van der Waals surface area contributed by atoms with Crippen LogP contribution in [0.1, 0.15) is 31.2 Å². The van der Waals surface area contributed by atoms with Crippen LogP contribution in [0.25, 0.3) is 0 Å². The zero-order chi connectivity index (χ0) is 15.4. The van der Waals surface area contributed by atoms with Crippen molar-refractivity contribution in [2.24, 2.45) is 0 Å². The Labute approximate surface area is 141 Å². The quantitative estimate of drug-likeness (QED) is 0.865. The molecular formula is C17H25BrN2O2. The molecule has 0 amide bonds. The summed E-state index contributed by atoms with van der Waals surface area (Å²) in [7, 11) is 1.72. The number of halogens is 1. The summed E-state index contributed by atoms with van der Waals surface area (Å²) in [5.41, 5.74) is 1.27. The Morgan fingerprint density at radius 2 is 1.95 bits per heavy atom. The SMILES string of the molecule is COc1cc(CN2CCNCC2)cc(Br)c1OC1CCCC1. The van der Waals surface area contributed by atoms with Gasteiger partial charge in [0.05, 0.1) is 17.7 Å². The maximum atomic E-state index is 6.18. The number of nitrogens with one attached hydrogen (secondary N) is 1. The van der Waals surface area contributed by atoms with Gasteiger partial charge in [-0.2, -0.15) is 0 Å². The molecule has 0 unspecified atom stereocenters. The summed E-state index contributed by atoms with van der Waals surface area (Å²) in [6.07, 6.45) is 5.18. The molecule has 122 valence electrons. The number of nitrogens with zero attached hydrogens (tertiary/aromatic N) is 1. The van der Waals surface area contributed by atoms with Gasteiger partial charge in [0.25, 0.3) is 0 Å². The smallest absolute Gasteiger partial charge is 0.175 e. The van der Waals surface area contributed by atoms with Crippen LogP contribution >= 0.6 is 15.9 Å². The molecule has 1 aliphatic heterocycles. The fourth-order valence-corrected chi connectivity index (χ4v) is 3.86. The predicted molar refractivity (Wildman–Crippen MR) is 91.7 cm³/mol. The first-order chi connectivity index (χ1) is 10.8. The molecule has 4 nitrogen and oxygen atoms in total. The van der Waals surface area contributed by atoms with E-state index in [4.69, 9.17) is 9.47 Å². The van der Waals surface area contributed by atoms with Crippen LogP contribution in [0.4, 0.5) is 0 Å². The second-order valence-corrected chi connectivity index (χ2v) is 7.01. The molecule has 0 spiro atoms. The van der Waals surface area contributed by atoms with Gasteiger partial charge < -0.3 is 14.8 Å². The van der Waals surface area contributed by atoms with Crippen LogP contribution in [-0.4, -0.2) is 44.3 Å². The number of piperazine rings is 1. The van der Waals surface area contributed by atoms with Crippen LogP contribution in [-0.2, 0) is 6.54 Å². The normalized spacial score (nSPS) is 20.3. The lowest BCUT2D eigenvalue weighted by Crippen LogP contribution is -2.42. The summed E-state index contributed by atoms with van der Waals surface area (Å²) >= 11 is 3.68. The lowest BCUT2D eigenvalue weighted by Gasteiger charge is -2.27. The molecule has 3 rings (SSSR count).